The number of benzene rings is 2. The molecule has 0 amide bonds. The van der Waals surface area contributed by atoms with Crippen LogP contribution in [0, 0.1) is 11.2 Å². The Hall–Kier alpha value is -3.19. The zero-order valence-electron chi connectivity index (χ0n) is 14.4. The second-order valence-corrected chi connectivity index (χ2v) is 6.83. The van der Waals surface area contributed by atoms with Crippen molar-refractivity contribution in [3.05, 3.63) is 70.5 Å². The molecule has 136 valence electrons. The number of aliphatic hydroxyl groups is 1. The van der Waals surface area contributed by atoms with Crippen molar-refractivity contribution in [3.63, 3.8) is 0 Å². The summed E-state index contributed by atoms with van der Waals surface area (Å²) in [6.45, 7) is 0.0482. The fourth-order valence-electron chi connectivity index (χ4n) is 2.96. The van der Waals surface area contributed by atoms with Gasteiger partial charge in [0.15, 0.2) is 0 Å². The summed E-state index contributed by atoms with van der Waals surface area (Å²) in [6.07, 6.45) is 0. The molecule has 4 rings (SSSR count). The number of hydrogen-bond acceptors (Lipinski definition) is 5. The van der Waals surface area contributed by atoms with Gasteiger partial charge in [0.25, 0.3) is 0 Å². The Morgan fingerprint density at radius 2 is 1.93 bits per heavy atom. The van der Waals surface area contributed by atoms with Crippen LogP contribution in [0.2, 0.25) is 0 Å². The van der Waals surface area contributed by atoms with Crippen LogP contribution in [0.5, 0.6) is 5.75 Å². The number of amidine groups is 1. The first-order valence-corrected chi connectivity index (χ1v) is 9.10. The smallest absolute Gasteiger partial charge is 0.146 e. The van der Waals surface area contributed by atoms with Crippen molar-refractivity contribution < 1.29 is 14.2 Å². The van der Waals surface area contributed by atoms with E-state index in [-0.39, 0.29) is 23.8 Å². The van der Waals surface area contributed by atoms with Crippen molar-refractivity contribution in [2.45, 2.75) is 0 Å². The Balaban J connectivity index is 1.64. The number of ether oxygens (including phenoxy) is 1. The van der Waals surface area contributed by atoms with Crippen molar-refractivity contribution in [2.24, 2.45) is 0 Å². The van der Waals surface area contributed by atoms with E-state index in [1.54, 1.807) is 25.3 Å². The minimum atomic E-state index is -0.436. The topological polar surface area (TPSA) is 69.4 Å². The molecule has 0 aliphatic carbocycles. The third-order valence-electron chi connectivity index (χ3n) is 4.35. The van der Waals surface area contributed by atoms with Crippen molar-refractivity contribution in [1.29, 1.82) is 5.41 Å². The van der Waals surface area contributed by atoms with Gasteiger partial charge in [0, 0.05) is 10.9 Å². The molecule has 0 fully saturated rings. The molecule has 1 aliphatic heterocycles. The zero-order chi connectivity index (χ0) is 19.0. The number of nitrogens with zero attached hydrogens (tertiary/aromatic N) is 2. The van der Waals surface area contributed by atoms with Gasteiger partial charge in [-0.2, -0.15) is 0 Å². The number of rotatable bonds is 4. The minimum absolute atomic E-state index is 0.0129. The van der Waals surface area contributed by atoms with Crippen molar-refractivity contribution in [3.8, 4) is 17.0 Å². The lowest BCUT2D eigenvalue weighted by molar-refractivity contribution is 0.411. The molecule has 0 radical (unpaired) electrons. The molecule has 0 saturated carbocycles. The van der Waals surface area contributed by atoms with Crippen LogP contribution in [-0.4, -0.2) is 29.6 Å². The van der Waals surface area contributed by atoms with Gasteiger partial charge in [0.1, 0.15) is 28.2 Å². The van der Waals surface area contributed by atoms with Gasteiger partial charge in [-0.25, -0.2) is 9.37 Å². The van der Waals surface area contributed by atoms with Crippen LogP contribution in [0.3, 0.4) is 0 Å². The van der Waals surface area contributed by atoms with E-state index in [9.17, 15) is 9.50 Å². The molecule has 3 aromatic rings. The fraction of sp³-hybridized carbons (Fsp3) is 0.100. The van der Waals surface area contributed by atoms with E-state index in [4.69, 9.17) is 10.1 Å². The van der Waals surface area contributed by atoms with Gasteiger partial charge in [-0.05, 0) is 36.4 Å². The first kappa shape index (κ1) is 17.2. The molecule has 27 heavy (non-hydrogen) atoms. The number of methoxy groups -OCH3 is 1. The lowest BCUT2D eigenvalue weighted by atomic mass is 10.1. The molecule has 0 bridgehead atoms. The van der Waals surface area contributed by atoms with Crippen molar-refractivity contribution in [2.75, 3.05) is 18.6 Å². The summed E-state index contributed by atoms with van der Waals surface area (Å²) in [5, 5.41) is 21.2. The maximum Gasteiger partial charge on any atom is 0.146 e. The molecule has 0 spiro atoms. The Labute approximate surface area is 159 Å². The summed E-state index contributed by atoms with van der Waals surface area (Å²) < 4.78 is 19.3. The van der Waals surface area contributed by atoms with Crippen LogP contribution in [0.15, 0.2) is 59.7 Å². The second-order valence-electron chi connectivity index (χ2n) is 5.97. The number of aliphatic hydroxyl groups excluding tert-OH is 1. The van der Waals surface area contributed by atoms with E-state index in [1.165, 1.54) is 22.3 Å². The molecule has 1 aromatic heterocycles. The molecule has 1 aliphatic rings. The third-order valence-corrected chi connectivity index (χ3v) is 5.21. The van der Waals surface area contributed by atoms with E-state index in [2.05, 4.69) is 4.98 Å². The van der Waals surface area contributed by atoms with Gasteiger partial charge in [-0.15, -0.1) is 11.3 Å². The quantitative estimate of drug-likeness (QED) is 0.686. The van der Waals surface area contributed by atoms with Crippen LogP contribution < -0.4 is 9.64 Å². The molecular formula is C20H16FN3O2S. The highest BCUT2D eigenvalue weighted by Crippen LogP contribution is 2.35. The van der Waals surface area contributed by atoms with Gasteiger partial charge in [-0.1, -0.05) is 12.1 Å². The normalized spacial score (nSPS) is 14.1. The fourth-order valence-corrected chi connectivity index (χ4v) is 3.86. The molecule has 0 unspecified atom stereocenters. The second kappa shape index (κ2) is 6.85. The molecular weight excluding hydrogens is 365 g/mol. The predicted octanol–water partition coefficient (Wildman–Crippen LogP) is 4.72. The maximum atomic E-state index is 14.1. The molecule has 2 aromatic carbocycles. The van der Waals surface area contributed by atoms with E-state index >= 15 is 0 Å². The lowest BCUT2D eigenvalue weighted by Crippen LogP contribution is -2.26. The van der Waals surface area contributed by atoms with Crippen molar-refractivity contribution in [1.82, 2.24) is 4.98 Å². The van der Waals surface area contributed by atoms with Gasteiger partial charge < -0.3 is 14.7 Å². The number of anilines is 1. The van der Waals surface area contributed by atoms with Gasteiger partial charge >= 0.3 is 0 Å². The Kier molecular flexibility index (Phi) is 4.37. The SMILES string of the molecule is COc1ccc(-c2csc(C3=C(O)CN(c4ccccc4F)C3=N)n2)cc1. The van der Waals surface area contributed by atoms with Gasteiger partial charge in [-0.3, -0.25) is 5.41 Å². The van der Waals surface area contributed by atoms with E-state index < -0.39 is 5.82 Å². The number of aromatic nitrogens is 1. The third kappa shape index (κ3) is 3.06. The number of para-hydroxylation sites is 1. The van der Waals surface area contributed by atoms with Crippen LogP contribution in [0.25, 0.3) is 16.8 Å². The number of halogens is 1. The number of thiazole rings is 1. The Morgan fingerprint density at radius 3 is 2.63 bits per heavy atom. The molecule has 2 heterocycles. The summed E-state index contributed by atoms with van der Waals surface area (Å²) in [6, 6.07) is 13.7. The highest BCUT2D eigenvalue weighted by Gasteiger charge is 2.32. The van der Waals surface area contributed by atoms with Crippen LogP contribution >= 0.6 is 11.3 Å². The van der Waals surface area contributed by atoms with Gasteiger partial charge in [0.2, 0.25) is 0 Å². The largest absolute Gasteiger partial charge is 0.510 e. The van der Waals surface area contributed by atoms with Crippen LogP contribution in [0.4, 0.5) is 10.1 Å². The number of hydrogen-bond donors (Lipinski definition) is 2. The average Bonchev–Trinajstić information content (AvgIpc) is 3.27. The maximum absolute atomic E-state index is 14.1. The highest BCUT2D eigenvalue weighted by molar-refractivity contribution is 7.11. The summed E-state index contributed by atoms with van der Waals surface area (Å²) in [5.41, 5.74) is 2.25. The molecule has 0 saturated heterocycles. The highest BCUT2D eigenvalue weighted by atomic mass is 32.1. The minimum Gasteiger partial charge on any atom is -0.510 e. The predicted molar refractivity (Wildman–Crippen MR) is 105 cm³/mol. The Morgan fingerprint density at radius 1 is 1.19 bits per heavy atom. The van der Waals surface area contributed by atoms with Crippen LogP contribution in [-0.2, 0) is 0 Å². The molecule has 0 atom stereocenters. The zero-order valence-corrected chi connectivity index (χ0v) is 15.3. The number of nitrogens with one attached hydrogen (secondary N) is 1. The Bertz CT molecular complexity index is 1040. The molecule has 2 N–H and O–H groups in total. The van der Waals surface area contributed by atoms with E-state index in [0.717, 1.165) is 17.0 Å². The standard InChI is InChI=1S/C20H16FN3O2S/c1-26-13-8-6-12(7-9-13)15-11-27-20(23-15)18-17(25)10-24(19(18)22)16-5-3-2-4-14(16)21/h2-9,11,22,25H,10H2,1H3. The summed E-state index contributed by atoms with van der Waals surface area (Å²) in [4.78, 5) is 6.01. The van der Waals surface area contributed by atoms with Crippen LogP contribution in [0.1, 0.15) is 5.01 Å². The first-order chi connectivity index (χ1) is 13.1. The summed E-state index contributed by atoms with van der Waals surface area (Å²) in [7, 11) is 1.61. The average molecular weight is 381 g/mol. The van der Waals surface area contributed by atoms with Gasteiger partial charge in [0.05, 0.1) is 30.6 Å². The summed E-state index contributed by atoms with van der Waals surface area (Å²) >= 11 is 1.34. The van der Waals surface area contributed by atoms with Crippen molar-refractivity contribution >= 4 is 28.4 Å². The molecule has 5 nitrogen and oxygen atoms in total. The lowest BCUT2D eigenvalue weighted by Gasteiger charge is -2.19. The molecule has 7 heteroatoms. The van der Waals surface area contributed by atoms with E-state index in [0.29, 0.717) is 10.6 Å². The summed E-state index contributed by atoms with van der Waals surface area (Å²) in [5.74, 6) is 0.370. The van der Waals surface area contributed by atoms with E-state index in [1.807, 2.05) is 29.6 Å². The first-order valence-electron chi connectivity index (χ1n) is 8.22. The monoisotopic (exact) mass is 381 g/mol.